The van der Waals surface area contributed by atoms with Gasteiger partial charge in [0.25, 0.3) is 5.91 Å². The van der Waals surface area contributed by atoms with Crippen molar-refractivity contribution in [2.45, 2.75) is 52.3 Å². The lowest BCUT2D eigenvalue weighted by atomic mass is 10.0. The second kappa shape index (κ2) is 11.6. The normalized spacial score (nSPS) is 12.6. The lowest BCUT2D eigenvalue weighted by Crippen LogP contribution is -2.51. The first-order valence-corrected chi connectivity index (χ1v) is 11.2. The lowest BCUT2D eigenvalue weighted by Gasteiger charge is -2.32. The minimum Gasteiger partial charge on any atom is -0.508 e. The van der Waals surface area contributed by atoms with Crippen LogP contribution in [0.1, 0.15) is 44.9 Å². The van der Waals surface area contributed by atoms with Crippen molar-refractivity contribution in [3.63, 3.8) is 0 Å². The number of phenolic OH excluding ortho intramolecular Hbond substituents is 1. The summed E-state index contributed by atoms with van der Waals surface area (Å²) in [6, 6.07) is 10.4. The molecule has 0 radical (unpaired) electrons. The first kappa shape index (κ1) is 27.5. The molecular weight excluding hydrogens is 472 g/mol. The minimum atomic E-state index is -1.31. The van der Waals surface area contributed by atoms with Gasteiger partial charge in [0, 0.05) is 0 Å². The molecule has 35 heavy (non-hydrogen) atoms. The molecular formula is C25H29ClN4O5. The van der Waals surface area contributed by atoms with Gasteiger partial charge >= 0.3 is 6.09 Å². The highest BCUT2D eigenvalue weighted by Gasteiger charge is 2.35. The summed E-state index contributed by atoms with van der Waals surface area (Å²) in [6.45, 7) is 7.76. The van der Waals surface area contributed by atoms with Crippen molar-refractivity contribution in [3.05, 3.63) is 58.6 Å². The number of halogens is 1. The highest BCUT2D eigenvalue weighted by Crippen LogP contribution is 2.30. The predicted molar refractivity (Wildman–Crippen MR) is 132 cm³/mol. The Kier molecular flexibility index (Phi) is 9.09. The molecule has 9 nitrogen and oxygen atoms in total. The summed E-state index contributed by atoms with van der Waals surface area (Å²) < 4.78 is 5.20. The molecule has 0 saturated heterocycles. The van der Waals surface area contributed by atoms with Crippen LogP contribution in [0.5, 0.6) is 5.75 Å². The summed E-state index contributed by atoms with van der Waals surface area (Å²) in [5.74, 6) is -1.48. The molecule has 186 valence electrons. The van der Waals surface area contributed by atoms with E-state index in [1.54, 1.807) is 52.0 Å². The number of aromatic hydroxyl groups is 1. The lowest BCUT2D eigenvalue weighted by molar-refractivity contribution is -0.139. The fourth-order valence-corrected chi connectivity index (χ4v) is 3.59. The molecule has 0 spiro atoms. The van der Waals surface area contributed by atoms with E-state index < -0.39 is 42.1 Å². The largest absolute Gasteiger partial charge is 0.508 e. The third-order valence-electron chi connectivity index (χ3n) is 4.84. The number of hydrogen-bond donors (Lipinski definition) is 3. The van der Waals surface area contributed by atoms with Gasteiger partial charge in [-0.2, -0.15) is 5.26 Å². The maximum absolute atomic E-state index is 13.5. The van der Waals surface area contributed by atoms with Crippen LogP contribution < -0.4 is 10.6 Å². The Morgan fingerprint density at radius 1 is 1.20 bits per heavy atom. The Labute approximate surface area is 209 Å². The molecule has 0 aliphatic rings. The van der Waals surface area contributed by atoms with Gasteiger partial charge in [0.1, 0.15) is 30.0 Å². The van der Waals surface area contributed by atoms with E-state index in [4.69, 9.17) is 16.3 Å². The number of benzene rings is 2. The third kappa shape index (κ3) is 7.62. The molecule has 2 atom stereocenters. The van der Waals surface area contributed by atoms with Gasteiger partial charge in [-0.3, -0.25) is 9.59 Å². The summed E-state index contributed by atoms with van der Waals surface area (Å²) in [4.78, 5) is 40.1. The van der Waals surface area contributed by atoms with Gasteiger partial charge < -0.3 is 25.4 Å². The first-order chi connectivity index (χ1) is 16.3. The van der Waals surface area contributed by atoms with Crippen LogP contribution in [0.15, 0.2) is 42.5 Å². The van der Waals surface area contributed by atoms with Crippen LogP contribution in [0, 0.1) is 18.3 Å². The van der Waals surface area contributed by atoms with Crippen LogP contribution in [-0.4, -0.2) is 46.1 Å². The number of alkyl carbamates (subject to hydrolysis) is 1. The molecule has 2 aromatic rings. The molecule has 0 heterocycles. The van der Waals surface area contributed by atoms with Crippen LogP contribution in [0.25, 0.3) is 0 Å². The first-order valence-electron chi connectivity index (χ1n) is 10.9. The Bertz CT molecular complexity index is 1120. The van der Waals surface area contributed by atoms with Crippen molar-refractivity contribution in [1.82, 2.24) is 10.2 Å². The number of anilines is 1. The van der Waals surface area contributed by atoms with Gasteiger partial charge in [-0.25, -0.2) is 4.79 Å². The van der Waals surface area contributed by atoms with E-state index in [0.717, 1.165) is 4.90 Å². The third-order valence-corrected chi connectivity index (χ3v) is 5.16. The number of rotatable bonds is 7. The molecule has 0 bridgehead atoms. The molecule has 3 N–H and O–H groups in total. The smallest absolute Gasteiger partial charge is 0.408 e. The molecule has 0 fully saturated rings. The molecule has 2 rings (SSSR count). The Hall–Kier alpha value is -3.77. The number of para-hydroxylation sites is 1. The zero-order valence-electron chi connectivity index (χ0n) is 20.3. The van der Waals surface area contributed by atoms with Crippen molar-refractivity contribution in [1.29, 1.82) is 5.26 Å². The van der Waals surface area contributed by atoms with Gasteiger partial charge in [0.05, 0.1) is 16.8 Å². The highest BCUT2D eigenvalue weighted by molar-refractivity contribution is 6.34. The van der Waals surface area contributed by atoms with Crippen molar-refractivity contribution < 1.29 is 24.2 Å². The van der Waals surface area contributed by atoms with E-state index in [1.165, 1.54) is 25.1 Å². The summed E-state index contributed by atoms with van der Waals surface area (Å²) >= 11 is 6.26. The van der Waals surface area contributed by atoms with Crippen LogP contribution in [0.2, 0.25) is 5.02 Å². The molecule has 3 amide bonds. The van der Waals surface area contributed by atoms with E-state index in [2.05, 4.69) is 10.6 Å². The van der Waals surface area contributed by atoms with E-state index in [1.807, 2.05) is 6.07 Å². The molecule has 10 heteroatoms. The maximum atomic E-state index is 13.5. The van der Waals surface area contributed by atoms with Gasteiger partial charge in [-0.1, -0.05) is 35.9 Å². The fraction of sp³-hybridized carbons (Fsp3) is 0.360. The molecule has 0 aliphatic carbocycles. The van der Waals surface area contributed by atoms with E-state index in [9.17, 15) is 24.8 Å². The summed E-state index contributed by atoms with van der Waals surface area (Å²) in [7, 11) is 0. The number of phenols is 1. The molecule has 2 aromatic carbocycles. The average Bonchev–Trinajstić information content (AvgIpc) is 2.74. The zero-order chi connectivity index (χ0) is 26.3. The van der Waals surface area contributed by atoms with Crippen molar-refractivity contribution in [2.24, 2.45) is 0 Å². The Morgan fingerprint density at radius 3 is 2.43 bits per heavy atom. The van der Waals surface area contributed by atoms with Gasteiger partial charge in [0.15, 0.2) is 0 Å². The van der Waals surface area contributed by atoms with Crippen LogP contribution in [0.3, 0.4) is 0 Å². The molecule has 0 aliphatic heterocycles. The van der Waals surface area contributed by atoms with Crippen LogP contribution in [-0.2, 0) is 14.3 Å². The number of hydrogen-bond acceptors (Lipinski definition) is 6. The summed E-state index contributed by atoms with van der Waals surface area (Å²) in [5.41, 5.74) is 0.531. The second-order valence-electron chi connectivity index (χ2n) is 8.91. The number of nitrogens with one attached hydrogen (secondary N) is 2. The molecule has 0 saturated carbocycles. The number of carbonyl (C=O) groups is 3. The SMILES string of the molecule is Cc1cccc(Cl)c1NC(=O)C(c1cccc(O)c1)N(CC#N)C(=O)C(C)NC(=O)OC(C)(C)C. The number of nitrogens with zero attached hydrogens (tertiary/aromatic N) is 2. The molecule has 0 aromatic heterocycles. The van der Waals surface area contributed by atoms with E-state index >= 15 is 0 Å². The van der Waals surface area contributed by atoms with Crippen molar-refractivity contribution >= 4 is 35.2 Å². The Morgan fingerprint density at radius 2 is 1.86 bits per heavy atom. The highest BCUT2D eigenvalue weighted by atomic mass is 35.5. The van der Waals surface area contributed by atoms with Gasteiger partial charge in [-0.15, -0.1) is 0 Å². The predicted octanol–water partition coefficient (Wildman–Crippen LogP) is 4.30. The van der Waals surface area contributed by atoms with E-state index in [0.29, 0.717) is 16.3 Å². The number of ether oxygens (including phenoxy) is 1. The minimum absolute atomic E-state index is 0.126. The fourth-order valence-electron chi connectivity index (χ4n) is 3.32. The summed E-state index contributed by atoms with van der Waals surface area (Å²) in [5, 5.41) is 24.9. The number of nitriles is 1. The zero-order valence-corrected chi connectivity index (χ0v) is 21.0. The van der Waals surface area contributed by atoms with Gasteiger partial charge in [-0.05, 0) is 63.9 Å². The Balaban J connectivity index is 2.45. The molecule has 2 unspecified atom stereocenters. The number of amides is 3. The van der Waals surface area contributed by atoms with Gasteiger partial charge in [0.2, 0.25) is 5.91 Å². The standard InChI is InChI=1S/C25H29ClN4O5/c1-15-8-6-11-19(26)20(15)29-22(32)21(17-9-7-10-18(31)14-17)30(13-12-27)23(33)16(2)28-24(34)35-25(3,4)5/h6-11,14,16,21,31H,13H2,1-5H3,(H,28,34)(H,29,32). The maximum Gasteiger partial charge on any atom is 0.408 e. The second-order valence-corrected chi connectivity index (χ2v) is 9.32. The van der Waals surface area contributed by atoms with Crippen LogP contribution in [0.4, 0.5) is 10.5 Å². The number of aryl methyl sites for hydroxylation is 1. The number of carbonyl (C=O) groups excluding carboxylic acids is 3. The monoisotopic (exact) mass is 500 g/mol. The summed E-state index contributed by atoms with van der Waals surface area (Å²) in [6.07, 6.45) is -0.819. The topological polar surface area (TPSA) is 132 Å². The van der Waals surface area contributed by atoms with E-state index in [-0.39, 0.29) is 11.3 Å². The van der Waals surface area contributed by atoms with Crippen molar-refractivity contribution in [3.8, 4) is 11.8 Å². The van der Waals surface area contributed by atoms with Crippen LogP contribution >= 0.6 is 11.6 Å². The van der Waals surface area contributed by atoms with Crippen molar-refractivity contribution in [2.75, 3.05) is 11.9 Å². The quantitative estimate of drug-likeness (QED) is 0.485. The average molecular weight is 501 g/mol.